The molecule has 0 N–H and O–H groups in total. The van der Waals surface area contributed by atoms with Crippen LogP contribution in [0.25, 0.3) is 21.7 Å². The average Bonchev–Trinajstić information content (AvgIpc) is 3.05. The predicted octanol–water partition coefficient (Wildman–Crippen LogP) is 3.58. The van der Waals surface area contributed by atoms with Gasteiger partial charge < -0.3 is 0 Å². The van der Waals surface area contributed by atoms with Gasteiger partial charge in [-0.3, -0.25) is 9.48 Å². The van der Waals surface area contributed by atoms with E-state index < -0.39 is 20.9 Å². The van der Waals surface area contributed by atoms with Crippen molar-refractivity contribution in [2.45, 2.75) is 17.1 Å². The van der Waals surface area contributed by atoms with E-state index in [1.165, 1.54) is 12.1 Å². The Balaban J connectivity index is 1.88. The molecule has 0 bridgehead atoms. The van der Waals surface area contributed by atoms with E-state index in [-0.39, 0.29) is 10.6 Å². The van der Waals surface area contributed by atoms with Gasteiger partial charge in [-0.05, 0) is 36.1 Å². The number of Topliss-reactive ketones (excluding diaryl/α,β-unsaturated/α-hetero) is 1. The highest BCUT2D eigenvalue weighted by atomic mass is 32.2. The number of carbonyl (C=O) groups is 1. The summed E-state index contributed by atoms with van der Waals surface area (Å²) >= 11 is 0. The molecular weight excluding hydrogens is 386 g/mol. The van der Waals surface area contributed by atoms with E-state index in [0.717, 1.165) is 21.9 Å². The summed E-state index contributed by atoms with van der Waals surface area (Å²) in [4.78, 5) is 13.1. The molecule has 1 unspecified atom stereocenters. The van der Waals surface area contributed by atoms with E-state index >= 15 is 0 Å². The van der Waals surface area contributed by atoms with Crippen molar-refractivity contribution in [1.82, 2.24) is 9.78 Å². The summed E-state index contributed by atoms with van der Waals surface area (Å²) in [5.74, 6) is -0.824. The molecule has 0 fully saturated rings. The molecule has 29 heavy (non-hydrogen) atoms. The number of hydrogen-bond donors (Lipinski definition) is 0. The van der Waals surface area contributed by atoms with Gasteiger partial charge in [0, 0.05) is 17.8 Å². The summed E-state index contributed by atoms with van der Waals surface area (Å²) in [7, 11) is -2.49. The van der Waals surface area contributed by atoms with Crippen molar-refractivity contribution in [3.05, 3.63) is 71.9 Å². The summed E-state index contributed by atoms with van der Waals surface area (Å²) in [6.45, 7) is 1.75. The molecule has 0 saturated heterocycles. The predicted molar refractivity (Wildman–Crippen MR) is 110 cm³/mol. The maximum Gasteiger partial charge on any atom is 0.216 e. The number of nitrogens with zero attached hydrogens (tertiary/aromatic N) is 3. The van der Waals surface area contributed by atoms with Crippen LogP contribution in [0.5, 0.6) is 0 Å². The largest absolute Gasteiger partial charge is 0.290 e. The van der Waals surface area contributed by atoms with Crippen molar-refractivity contribution in [1.29, 1.82) is 5.26 Å². The molecule has 1 heterocycles. The first kappa shape index (κ1) is 18.8. The number of hydrogen-bond acceptors (Lipinski definition) is 5. The van der Waals surface area contributed by atoms with Crippen molar-refractivity contribution >= 4 is 37.3 Å². The van der Waals surface area contributed by atoms with Crippen molar-refractivity contribution in [3.8, 4) is 6.07 Å². The Morgan fingerprint density at radius 3 is 2.55 bits per heavy atom. The molecule has 6 nitrogen and oxygen atoms in total. The summed E-state index contributed by atoms with van der Waals surface area (Å²) in [6, 6.07) is 19.1. The smallest absolute Gasteiger partial charge is 0.216 e. The molecule has 1 atom stereocenters. The number of rotatable bonds is 4. The Morgan fingerprint density at radius 2 is 1.83 bits per heavy atom. The highest BCUT2D eigenvalue weighted by molar-refractivity contribution is 7.93. The van der Waals surface area contributed by atoms with Gasteiger partial charge in [-0.2, -0.15) is 10.4 Å². The number of ketones is 1. The topological polar surface area (TPSA) is 92.8 Å². The molecule has 3 aromatic carbocycles. The number of nitriles is 1. The number of aryl methyl sites for hydroxylation is 2. The highest BCUT2D eigenvalue weighted by Crippen LogP contribution is 2.29. The van der Waals surface area contributed by atoms with Crippen molar-refractivity contribution < 1.29 is 13.2 Å². The van der Waals surface area contributed by atoms with Gasteiger partial charge in [0.1, 0.15) is 5.69 Å². The summed E-state index contributed by atoms with van der Waals surface area (Å²) < 4.78 is 27.6. The average molecular weight is 403 g/mol. The Kier molecular flexibility index (Phi) is 4.44. The van der Waals surface area contributed by atoms with Crippen molar-refractivity contribution in [2.24, 2.45) is 7.05 Å². The Morgan fingerprint density at radius 1 is 1.07 bits per heavy atom. The van der Waals surface area contributed by atoms with Gasteiger partial charge in [0.15, 0.2) is 0 Å². The Hall–Kier alpha value is -3.50. The fraction of sp³-hybridized carbons (Fsp3) is 0.136. The third kappa shape index (κ3) is 2.98. The van der Waals surface area contributed by atoms with E-state index in [2.05, 4.69) is 5.10 Å². The van der Waals surface area contributed by atoms with E-state index in [1.807, 2.05) is 30.3 Å². The van der Waals surface area contributed by atoms with Crippen LogP contribution in [0.15, 0.2) is 65.6 Å². The standard InChI is InChI=1S/C22H17N3O3S/c1-14-6-5-8-16(12-14)29(27,28)19(13-23)22(26)20-18-11-10-15-7-3-4-9-17(15)21(18)25(2)24-20/h3-12,19H,1-2H3. The summed E-state index contributed by atoms with van der Waals surface area (Å²) in [6.07, 6.45) is 0. The third-order valence-electron chi connectivity index (χ3n) is 4.95. The van der Waals surface area contributed by atoms with Crippen LogP contribution in [0, 0.1) is 18.3 Å². The zero-order valence-electron chi connectivity index (χ0n) is 15.8. The molecule has 0 aliphatic heterocycles. The first-order chi connectivity index (χ1) is 13.8. The van der Waals surface area contributed by atoms with Crippen LogP contribution < -0.4 is 0 Å². The minimum absolute atomic E-state index is 0.0176. The van der Waals surface area contributed by atoms with Crippen LogP contribution in [0.1, 0.15) is 16.1 Å². The zero-order valence-corrected chi connectivity index (χ0v) is 16.6. The maximum atomic E-state index is 13.2. The van der Waals surface area contributed by atoms with Gasteiger partial charge in [-0.1, -0.05) is 42.5 Å². The van der Waals surface area contributed by atoms with Gasteiger partial charge in [0.25, 0.3) is 0 Å². The van der Waals surface area contributed by atoms with Gasteiger partial charge in [0.2, 0.25) is 20.9 Å². The first-order valence-electron chi connectivity index (χ1n) is 8.93. The highest BCUT2D eigenvalue weighted by Gasteiger charge is 2.37. The van der Waals surface area contributed by atoms with Crippen LogP contribution in [0.3, 0.4) is 0 Å². The minimum atomic E-state index is -4.18. The second-order valence-corrected chi connectivity index (χ2v) is 8.92. The van der Waals surface area contributed by atoms with Crippen LogP contribution >= 0.6 is 0 Å². The second kappa shape index (κ2) is 6.83. The quantitative estimate of drug-likeness (QED) is 0.486. The molecule has 7 heteroatoms. The third-order valence-corrected chi connectivity index (χ3v) is 6.80. The van der Waals surface area contributed by atoms with E-state index in [9.17, 15) is 18.5 Å². The molecule has 0 aliphatic rings. The summed E-state index contributed by atoms with van der Waals surface area (Å²) in [5, 5.41) is 14.4. The zero-order chi connectivity index (χ0) is 20.8. The van der Waals surface area contributed by atoms with Gasteiger partial charge in [-0.15, -0.1) is 0 Å². The number of benzene rings is 3. The van der Waals surface area contributed by atoms with E-state index in [1.54, 1.807) is 42.9 Å². The Labute approximate surface area is 167 Å². The fourth-order valence-corrected chi connectivity index (χ4v) is 4.98. The SMILES string of the molecule is Cc1cccc(S(=O)(=O)C(C#N)C(=O)c2nn(C)c3c2ccc2ccccc23)c1. The maximum absolute atomic E-state index is 13.2. The second-order valence-electron chi connectivity index (χ2n) is 6.89. The lowest BCUT2D eigenvalue weighted by Crippen LogP contribution is -2.29. The molecule has 144 valence electrons. The van der Waals surface area contributed by atoms with E-state index in [0.29, 0.717) is 5.39 Å². The molecule has 0 amide bonds. The van der Waals surface area contributed by atoms with Crippen LogP contribution in [0.4, 0.5) is 0 Å². The number of fused-ring (bicyclic) bond motifs is 3. The Bertz CT molecular complexity index is 1430. The van der Waals surface area contributed by atoms with Crippen LogP contribution in [-0.2, 0) is 16.9 Å². The first-order valence-corrected chi connectivity index (χ1v) is 10.5. The molecule has 4 aromatic rings. The molecule has 0 aliphatic carbocycles. The van der Waals surface area contributed by atoms with Crippen molar-refractivity contribution in [3.63, 3.8) is 0 Å². The fourth-order valence-electron chi connectivity index (χ4n) is 3.55. The lowest BCUT2D eigenvalue weighted by atomic mass is 10.0. The molecule has 1 aromatic heterocycles. The molecule has 0 spiro atoms. The lowest BCUT2D eigenvalue weighted by molar-refractivity contribution is 0.0996. The number of sulfone groups is 1. The van der Waals surface area contributed by atoms with E-state index in [4.69, 9.17) is 0 Å². The molecule has 4 rings (SSSR count). The number of aromatic nitrogens is 2. The summed E-state index contributed by atoms with van der Waals surface area (Å²) in [5.41, 5.74) is 1.43. The van der Waals surface area contributed by atoms with Crippen LogP contribution in [0.2, 0.25) is 0 Å². The van der Waals surface area contributed by atoms with Crippen LogP contribution in [-0.4, -0.2) is 29.2 Å². The number of carbonyl (C=O) groups excluding carboxylic acids is 1. The van der Waals surface area contributed by atoms with Crippen molar-refractivity contribution in [2.75, 3.05) is 0 Å². The molecule has 0 saturated carbocycles. The minimum Gasteiger partial charge on any atom is -0.290 e. The monoisotopic (exact) mass is 403 g/mol. The van der Waals surface area contributed by atoms with Gasteiger partial charge >= 0.3 is 0 Å². The normalized spacial score (nSPS) is 12.7. The molecule has 0 radical (unpaired) electrons. The van der Waals surface area contributed by atoms with Gasteiger partial charge in [0.05, 0.1) is 16.5 Å². The lowest BCUT2D eigenvalue weighted by Gasteiger charge is -2.10. The van der Waals surface area contributed by atoms with Gasteiger partial charge in [-0.25, -0.2) is 8.42 Å². The molecular formula is C22H17N3O3S.